The number of benzene rings is 1. The summed E-state index contributed by atoms with van der Waals surface area (Å²) in [5, 5.41) is 4.31. The second-order valence-corrected chi connectivity index (χ2v) is 5.58. The average molecular weight is 261 g/mol. The van der Waals surface area contributed by atoms with Crippen LogP contribution in [0.1, 0.15) is 17.8 Å². The third-order valence-electron chi connectivity index (χ3n) is 3.01. The molecule has 0 radical (unpaired) electrons. The van der Waals surface area contributed by atoms with Crippen LogP contribution in [0.2, 0.25) is 0 Å². The van der Waals surface area contributed by atoms with Crippen molar-refractivity contribution in [2.75, 3.05) is 26.0 Å². The predicted molar refractivity (Wildman–Crippen MR) is 79.4 cm³/mol. The molecule has 1 atom stereocenters. The van der Waals surface area contributed by atoms with E-state index in [4.69, 9.17) is 0 Å². The maximum absolute atomic E-state index is 4.49. The smallest absolute Gasteiger partial charge is 0.123 e. The SMILES string of the molecule is CNC(C)c1cnc(-c2ccc(N(C)C)cc2)s1. The summed E-state index contributed by atoms with van der Waals surface area (Å²) in [6, 6.07) is 8.86. The van der Waals surface area contributed by atoms with E-state index in [2.05, 4.69) is 46.4 Å². The van der Waals surface area contributed by atoms with E-state index < -0.39 is 0 Å². The highest BCUT2D eigenvalue weighted by atomic mass is 32.1. The third-order valence-corrected chi connectivity index (χ3v) is 4.24. The van der Waals surface area contributed by atoms with Gasteiger partial charge < -0.3 is 10.2 Å². The lowest BCUT2D eigenvalue weighted by Crippen LogP contribution is -2.10. The van der Waals surface area contributed by atoms with Crippen LogP contribution < -0.4 is 10.2 Å². The van der Waals surface area contributed by atoms with Crippen LogP contribution in [-0.2, 0) is 0 Å². The highest BCUT2D eigenvalue weighted by Gasteiger charge is 2.09. The van der Waals surface area contributed by atoms with Gasteiger partial charge in [0, 0.05) is 42.5 Å². The lowest BCUT2D eigenvalue weighted by atomic mass is 10.2. The lowest BCUT2D eigenvalue weighted by molar-refractivity contribution is 0.662. The number of aromatic nitrogens is 1. The molecule has 0 aliphatic rings. The van der Waals surface area contributed by atoms with Gasteiger partial charge in [0.2, 0.25) is 0 Å². The maximum atomic E-state index is 4.49. The Bertz CT molecular complexity index is 502. The topological polar surface area (TPSA) is 28.2 Å². The first-order valence-electron chi connectivity index (χ1n) is 6.02. The fraction of sp³-hybridized carbons (Fsp3) is 0.357. The zero-order chi connectivity index (χ0) is 13.1. The Labute approximate surface area is 112 Å². The predicted octanol–water partition coefficient (Wildman–Crippen LogP) is 3.16. The number of anilines is 1. The summed E-state index contributed by atoms with van der Waals surface area (Å²) >= 11 is 1.75. The highest BCUT2D eigenvalue weighted by molar-refractivity contribution is 7.15. The van der Waals surface area contributed by atoms with Crippen molar-refractivity contribution in [3.8, 4) is 10.6 Å². The third kappa shape index (κ3) is 2.71. The van der Waals surface area contributed by atoms with E-state index in [0.29, 0.717) is 6.04 Å². The molecule has 96 valence electrons. The van der Waals surface area contributed by atoms with Crippen molar-refractivity contribution in [2.45, 2.75) is 13.0 Å². The molecule has 4 heteroatoms. The van der Waals surface area contributed by atoms with Gasteiger partial charge in [0.1, 0.15) is 5.01 Å². The van der Waals surface area contributed by atoms with Crippen molar-refractivity contribution in [1.29, 1.82) is 0 Å². The molecule has 0 saturated carbocycles. The van der Waals surface area contributed by atoms with E-state index in [9.17, 15) is 0 Å². The summed E-state index contributed by atoms with van der Waals surface area (Å²) in [5.74, 6) is 0. The Hall–Kier alpha value is -1.39. The Kier molecular flexibility index (Phi) is 3.99. The van der Waals surface area contributed by atoms with Crippen molar-refractivity contribution < 1.29 is 0 Å². The number of thiazole rings is 1. The Morgan fingerprint density at radius 1 is 1.22 bits per heavy atom. The largest absolute Gasteiger partial charge is 0.378 e. The van der Waals surface area contributed by atoms with Gasteiger partial charge >= 0.3 is 0 Å². The Morgan fingerprint density at radius 2 is 1.89 bits per heavy atom. The molecule has 0 saturated heterocycles. The van der Waals surface area contributed by atoms with E-state index in [1.165, 1.54) is 16.1 Å². The summed E-state index contributed by atoms with van der Waals surface area (Å²) < 4.78 is 0. The number of rotatable bonds is 4. The zero-order valence-electron chi connectivity index (χ0n) is 11.3. The van der Waals surface area contributed by atoms with Crippen molar-refractivity contribution in [3.63, 3.8) is 0 Å². The molecule has 0 fully saturated rings. The maximum Gasteiger partial charge on any atom is 0.123 e. The van der Waals surface area contributed by atoms with E-state index >= 15 is 0 Å². The minimum atomic E-state index is 0.359. The van der Waals surface area contributed by atoms with Crippen molar-refractivity contribution >= 4 is 17.0 Å². The van der Waals surface area contributed by atoms with Gasteiger partial charge in [0.05, 0.1) is 0 Å². The van der Waals surface area contributed by atoms with Crippen LogP contribution >= 0.6 is 11.3 Å². The molecule has 0 aliphatic heterocycles. The molecule has 0 amide bonds. The molecule has 3 nitrogen and oxygen atoms in total. The first-order valence-corrected chi connectivity index (χ1v) is 6.84. The normalized spacial score (nSPS) is 12.4. The molecular weight excluding hydrogens is 242 g/mol. The number of nitrogens with zero attached hydrogens (tertiary/aromatic N) is 2. The molecule has 1 aromatic heterocycles. The summed E-state index contributed by atoms with van der Waals surface area (Å²) in [5.41, 5.74) is 2.39. The van der Waals surface area contributed by atoms with Crippen LogP contribution in [0.5, 0.6) is 0 Å². The molecule has 0 bridgehead atoms. The zero-order valence-corrected chi connectivity index (χ0v) is 12.1. The van der Waals surface area contributed by atoms with Crippen LogP contribution in [0, 0.1) is 0 Å². The minimum Gasteiger partial charge on any atom is -0.378 e. The van der Waals surface area contributed by atoms with Gasteiger partial charge in [-0.3, -0.25) is 0 Å². The summed E-state index contributed by atoms with van der Waals surface area (Å²) in [7, 11) is 6.06. The first kappa shape index (κ1) is 13.1. The standard InChI is InChI=1S/C14H19N3S/c1-10(15-2)13-9-16-14(18-13)11-5-7-12(8-6-11)17(3)4/h5-10,15H,1-4H3. The fourth-order valence-electron chi connectivity index (χ4n) is 1.66. The fourth-order valence-corrected chi connectivity index (χ4v) is 2.65. The molecule has 1 unspecified atom stereocenters. The van der Waals surface area contributed by atoms with Crippen LogP contribution in [-0.4, -0.2) is 26.1 Å². The molecule has 2 aromatic rings. The Balaban J connectivity index is 2.23. The second kappa shape index (κ2) is 5.50. The van der Waals surface area contributed by atoms with Crippen molar-refractivity contribution in [3.05, 3.63) is 35.3 Å². The van der Waals surface area contributed by atoms with Gasteiger partial charge in [-0.25, -0.2) is 4.98 Å². The molecule has 1 heterocycles. The first-order chi connectivity index (χ1) is 8.61. The van der Waals surface area contributed by atoms with E-state index in [1.807, 2.05) is 27.3 Å². The van der Waals surface area contributed by atoms with Gasteiger partial charge in [-0.1, -0.05) is 0 Å². The molecular formula is C14H19N3S. The number of nitrogens with one attached hydrogen (secondary N) is 1. The van der Waals surface area contributed by atoms with Gasteiger partial charge in [0.25, 0.3) is 0 Å². The van der Waals surface area contributed by atoms with Gasteiger partial charge in [-0.2, -0.15) is 0 Å². The molecule has 0 spiro atoms. The van der Waals surface area contributed by atoms with Crippen LogP contribution in [0.4, 0.5) is 5.69 Å². The molecule has 0 aliphatic carbocycles. The van der Waals surface area contributed by atoms with Gasteiger partial charge in [0.15, 0.2) is 0 Å². The van der Waals surface area contributed by atoms with E-state index in [-0.39, 0.29) is 0 Å². The number of hydrogen-bond donors (Lipinski definition) is 1. The van der Waals surface area contributed by atoms with Gasteiger partial charge in [-0.15, -0.1) is 11.3 Å². The highest BCUT2D eigenvalue weighted by Crippen LogP contribution is 2.29. The van der Waals surface area contributed by atoms with Gasteiger partial charge in [-0.05, 0) is 38.2 Å². The minimum absolute atomic E-state index is 0.359. The van der Waals surface area contributed by atoms with E-state index in [1.54, 1.807) is 11.3 Å². The second-order valence-electron chi connectivity index (χ2n) is 4.52. The average Bonchev–Trinajstić information content (AvgIpc) is 2.87. The molecule has 1 aromatic carbocycles. The van der Waals surface area contributed by atoms with Crippen LogP contribution in [0.3, 0.4) is 0 Å². The summed E-state index contributed by atoms with van der Waals surface area (Å²) in [6.45, 7) is 2.15. The molecule has 1 N–H and O–H groups in total. The van der Waals surface area contributed by atoms with Crippen LogP contribution in [0.25, 0.3) is 10.6 Å². The quantitative estimate of drug-likeness (QED) is 0.916. The summed E-state index contributed by atoms with van der Waals surface area (Å²) in [4.78, 5) is 7.86. The monoisotopic (exact) mass is 261 g/mol. The van der Waals surface area contributed by atoms with Crippen molar-refractivity contribution in [1.82, 2.24) is 10.3 Å². The molecule has 18 heavy (non-hydrogen) atoms. The summed E-state index contributed by atoms with van der Waals surface area (Å²) in [6.07, 6.45) is 1.96. The lowest BCUT2D eigenvalue weighted by Gasteiger charge is -2.12. The van der Waals surface area contributed by atoms with Crippen molar-refractivity contribution in [2.24, 2.45) is 0 Å². The van der Waals surface area contributed by atoms with Crippen LogP contribution in [0.15, 0.2) is 30.5 Å². The number of hydrogen-bond acceptors (Lipinski definition) is 4. The Morgan fingerprint density at radius 3 is 2.44 bits per heavy atom. The van der Waals surface area contributed by atoms with E-state index in [0.717, 1.165) is 5.01 Å². The molecule has 2 rings (SSSR count).